The molecule has 1 heterocycles. The predicted octanol–water partition coefficient (Wildman–Crippen LogP) is 12.0. The minimum Gasteiger partial charge on any atom is -0.394 e. The van der Waals surface area contributed by atoms with Gasteiger partial charge in [0.05, 0.1) is 25.4 Å². The number of carbonyl (C=O) groups excluding carboxylic acids is 1. The molecule has 364 valence electrons. The summed E-state index contributed by atoms with van der Waals surface area (Å²) in [5, 5.41) is 54.3. The third kappa shape index (κ3) is 33.0. The Balaban J connectivity index is 2.31. The first-order valence-electron chi connectivity index (χ1n) is 26.2. The average molecular weight is 878 g/mol. The van der Waals surface area contributed by atoms with E-state index in [2.05, 4.69) is 43.5 Å². The van der Waals surface area contributed by atoms with Crippen LogP contribution in [-0.2, 0) is 14.3 Å². The molecule has 0 bridgehead atoms. The highest BCUT2D eigenvalue weighted by atomic mass is 16.7. The molecule has 62 heavy (non-hydrogen) atoms. The molecule has 9 nitrogen and oxygen atoms in total. The molecule has 0 aromatic rings. The normalized spacial score (nSPS) is 20.5. The van der Waals surface area contributed by atoms with Crippen LogP contribution in [0.15, 0.2) is 36.5 Å². The van der Waals surface area contributed by atoms with E-state index in [-0.39, 0.29) is 12.5 Å². The number of ether oxygens (including phenoxy) is 2. The van der Waals surface area contributed by atoms with Gasteiger partial charge in [0, 0.05) is 6.42 Å². The molecule has 7 atom stereocenters. The fourth-order valence-electron chi connectivity index (χ4n) is 8.23. The number of amides is 1. The van der Waals surface area contributed by atoms with Crippen molar-refractivity contribution in [3.05, 3.63) is 36.5 Å². The maximum Gasteiger partial charge on any atom is 0.220 e. The molecule has 1 aliphatic heterocycles. The number of hydrogen-bond acceptors (Lipinski definition) is 8. The van der Waals surface area contributed by atoms with Gasteiger partial charge < -0.3 is 40.3 Å². The molecule has 1 rings (SSSR count). The average Bonchev–Trinajstić information content (AvgIpc) is 3.27. The third-order valence-electron chi connectivity index (χ3n) is 12.4. The Labute approximate surface area is 381 Å². The highest BCUT2D eigenvalue weighted by Crippen LogP contribution is 2.23. The summed E-state index contributed by atoms with van der Waals surface area (Å²) in [5.41, 5.74) is 0. The van der Waals surface area contributed by atoms with Crippen LogP contribution in [0, 0.1) is 0 Å². The maximum atomic E-state index is 13.0. The number of aliphatic hydroxyl groups excluding tert-OH is 5. The van der Waals surface area contributed by atoms with Crippen molar-refractivity contribution in [2.75, 3.05) is 13.2 Å². The fraction of sp³-hybridized carbons (Fsp3) is 0.868. The topological polar surface area (TPSA) is 149 Å². The lowest BCUT2D eigenvalue weighted by molar-refractivity contribution is -0.302. The summed E-state index contributed by atoms with van der Waals surface area (Å²) in [7, 11) is 0. The molecule has 1 amide bonds. The van der Waals surface area contributed by atoms with Crippen molar-refractivity contribution >= 4 is 5.91 Å². The lowest BCUT2D eigenvalue weighted by atomic mass is 9.99. The first kappa shape index (κ1) is 58.4. The Morgan fingerprint density at radius 3 is 1.35 bits per heavy atom. The van der Waals surface area contributed by atoms with Gasteiger partial charge in [-0.15, -0.1) is 0 Å². The molecule has 9 heteroatoms. The summed E-state index contributed by atoms with van der Waals surface area (Å²) in [6.07, 6.45) is 47.7. The molecule has 1 aliphatic rings. The number of allylic oxidation sites excluding steroid dienone is 5. The number of rotatable bonds is 44. The summed E-state index contributed by atoms with van der Waals surface area (Å²) >= 11 is 0. The SMILES string of the molecule is CCCCCCCCCCC/C=C\CCCCCCCCCC(=O)NC(COC1OC(CO)C(O)C(O)C1O)C(O)/C=C/CC/C=C/CCCCCCCCCCCCCCC. The van der Waals surface area contributed by atoms with E-state index in [0.29, 0.717) is 6.42 Å². The van der Waals surface area contributed by atoms with Crippen LogP contribution in [-0.4, -0.2) is 87.5 Å². The lowest BCUT2D eigenvalue weighted by Gasteiger charge is -2.40. The molecule has 1 saturated heterocycles. The Bertz CT molecular complexity index is 1070. The molecule has 0 spiro atoms. The Morgan fingerprint density at radius 1 is 0.532 bits per heavy atom. The lowest BCUT2D eigenvalue weighted by Crippen LogP contribution is -2.60. The molecule has 0 saturated carbocycles. The summed E-state index contributed by atoms with van der Waals surface area (Å²) in [5.74, 6) is -0.190. The van der Waals surface area contributed by atoms with Gasteiger partial charge in [-0.1, -0.05) is 211 Å². The largest absolute Gasteiger partial charge is 0.394 e. The van der Waals surface area contributed by atoms with E-state index in [4.69, 9.17) is 9.47 Å². The van der Waals surface area contributed by atoms with Crippen LogP contribution >= 0.6 is 0 Å². The molecule has 7 unspecified atom stereocenters. The van der Waals surface area contributed by atoms with E-state index in [1.54, 1.807) is 6.08 Å². The monoisotopic (exact) mass is 878 g/mol. The van der Waals surface area contributed by atoms with Crippen LogP contribution in [0.2, 0.25) is 0 Å². The second kappa shape index (κ2) is 43.3. The van der Waals surface area contributed by atoms with E-state index in [1.807, 2.05) is 6.08 Å². The zero-order valence-corrected chi connectivity index (χ0v) is 40.1. The summed E-state index contributed by atoms with van der Waals surface area (Å²) in [6.45, 7) is 3.77. The Kier molecular flexibility index (Phi) is 40.8. The number of nitrogens with one attached hydrogen (secondary N) is 1. The van der Waals surface area contributed by atoms with E-state index in [0.717, 1.165) is 51.4 Å². The first-order chi connectivity index (χ1) is 30.3. The second-order valence-electron chi connectivity index (χ2n) is 18.3. The highest BCUT2D eigenvalue weighted by Gasteiger charge is 2.44. The van der Waals surface area contributed by atoms with Crippen molar-refractivity contribution in [1.82, 2.24) is 5.32 Å². The molecule has 6 N–H and O–H groups in total. The highest BCUT2D eigenvalue weighted by molar-refractivity contribution is 5.76. The predicted molar refractivity (Wildman–Crippen MR) is 258 cm³/mol. The first-order valence-corrected chi connectivity index (χ1v) is 26.2. The fourth-order valence-corrected chi connectivity index (χ4v) is 8.23. The van der Waals surface area contributed by atoms with E-state index < -0.39 is 49.5 Å². The summed E-state index contributed by atoms with van der Waals surface area (Å²) < 4.78 is 11.2. The van der Waals surface area contributed by atoms with Gasteiger partial charge in [0.1, 0.15) is 24.4 Å². The number of aliphatic hydroxyl groups is 5. The second-order valence-corrected chi connectivity index (χ2v) is 18.3. The molecular weight excluding hydrogens is 779 g/mol. The zero-order chi connectivity index (χ0) is 45.1. The molecule has 0 aromatic heterocycles. The molecule has 0 aliphatic carbocycles. The van der Waals surface area contributed by atoms with E-state index >= 15 is 0 Å². The van der Waals surface area contributed by atoms with Gasteiger partial charge in [-0.3, -0.25) is 4.79 Å². The number of carbonyl (C=O) groups is 1. The molecular formula is C53H99NO8. The van der Waals surface area contributed by atoms with Gasteiger partial charge in [0.2, 0.25) is 5.91 Å². The number of hydrogen-bond donors (Lipinski definition) is 6. The molecule has 1 fully saturated rings. The summed E-state index contributed by atoms with van der Waals surface area (Å²) in [6, 6.07) is -0.823. The molecule has 0 aromatic carbocycles. The minimum atomic E-state index is -1.57. The van der Waals surface area contributed by atoms with Crippen molar-refractivity contribution in [1.29, 1.82) is 0 Å². The zero-order valence-electron chi connectivity index (χ0n) is 40.1. The van der Waals surface area contributed by atoms with Gasteiger partial charge in [-0.2, -0.15) is 0 Å². The van der Waals surface area contributed by atoms with Crippen LogP contribution in [0.3, 0.4) is 0 Å². The van der Waals surface area contributed by atoms with Gasteiger partial charge in [0.25, 0.3) is 0 Å². The van der Waals surface area contributed by atoms with Crippen molar-refractivity contribution in [3.63, 3.8) is 0 Å². The van der Waals surface area contributed by atoms with Crippen LogP contribution in [0.25, 0.3) is 0 Å². The Morgan fingerprint density at radius 2 is 0.919 bits per heavy atom. The minimum absolute atomic E-state index is 0.190. The smallest absolute Gasteiger partial charge is 0.220 e. The third-order valence-corrected chi connectivity index (χ3v) is 12.4. The van der Waals surface area contributed by atoms with Crippen molar-refractivity contribution in [3.8, 4) is 0 Å². The van der Waals surface area contributed by atoms with Crippen molar-refractivity contribution in [2.24, 2.45) is 0 Å². The van der Waals surface area contributed by atoms with Crippen LogP contribution in [0.1, 0.15) is 239 Å². The summed E-state index contributed by atoms with van der Waals surface area (Å²) in [4.78, 5) is 13.0. The van der Waals surface area contributed by atoms with Gasteiger partial charge in [-0.25, -0.2) is 0 Å². The van der Waals surface area contributed by atoms with E-state index in [1.165, 1.54) is 167 Å². The van der Waals surface area contributed by atoms with Crippen molar-refractivity contribution in [2.45, 2.75) is 281 Å². The van der Waals surface area contributed by atoms with Gasteiger partial charge >= 0.3 is 0 Å². The van der Waals surface area contributed by atoms with Gasteiger partial charge in [0.15, 0.2) is 6.29 Å². The standard InChI is InChI=1S/C53H99NO8/c1-3-5-7-9-11-13-15-17-19-21-23-25-27-29-31-33-35-37-39-41-43-49(57)54-46(45-61-53-52(60)51(59)50(58)48(44-55)62-53)47(56)42-40-38-36-34-32-30-28-26-24-22-20-18-16-14-12-10-8-6-4-2/h23,25,32,34,40,42,46-48,50-53,55-56,58-60H,3-22,24,26-31,33,35-39,41,43-45H2,1-2H3,(H,54,57)/b25-23-,34-32+,42-40+. The van der Waals surface area contributed by atoms with Gasteiger partial charge in [-0.05, 0) is 57.8 Å². The number of unbranched alkanes of at least 4 members (excludes halogenated alkanes) is 30. The van der Waals surface area contributed by atoms with E-state index in [9.17, 15) is 30.3 Å². The van der Waals surface area contributed by atoms with Crippen molar-refractivity contribution < 1.29 is 39.8 Å². The van der Waals surface area contributed by atoms with Crippen LogP contribution in [0.5, 0.6) is 0 Å². The molecule has 0 radical (unpaired) electrons. The Hall–Kier alpha value is -1.59. The quantitative estimate of drug-likeness (QED) is 0.0262. The van der Waals surface area contributed by atoms with Crippen LogP contribution < -0.4 is 5.32 Å². The van der Waals surface area contributed by atoms with Crippen LogP contribution in [0.4, 0.5) is 0 Å². The maximum absolute atomic E-state index is 13.0.